The summed E-state index contributed by atoms with van der Waals surface area (Å²) in [4.78, 5) is 21.3. The highest BCUT2D eigenvalue weighted by Gasteiger charge is 2.11. The molecule has 0 saturated carbocycles. The standard InChI is InChI=1S/C8H12O5/c1-3-13-8(11)6(5-12-2)4-7(9)10/h4H,3,5H2,1-2H3,(H,9,10)/b6-4-. The van der Waals surface area contributed by atoms with E-state index >= 15 is 0 Å². The summed E-state index contributed by atoms with van der Waals surface area (Å²) in [5.41, 5.74) is -0.00292. The van der Waals surface area contributed by atoms with Gasteiger partial charge in [0.15, 0.2) is 0 Å². The highest BCUT2D eigenvalue weighted by atomic mass is 16.5. The first kappa shape index (κ1) is 11.6. The van der Waals surface area contributed by atoms with E-state index in [1.807, 2.05) is 0 Å². The fourth-order valence-corrected chi connectivity index (χ4v) is 0.688. The number of ether oxygens (including phenoxy) is 2. The highest BCUT2D eigenvalue weighted by Crippen LogP contribution is 1.98. The van der Waals surface area contributed by atoms with Gasteiger partial charge in [0.1, 0.15) is 0 Å². The van der Waals surface area contributed by atoms with E-state index in [0.717, 1.165) is 6.08 Å². The van der Waals surface area contributed by atoms with Crippen molar-refractivity contribution in [2.45, 2.75) is 6.92 Å². The maximum Gasteiger partial charge on any atom is 0.336 e. The molecule has 0 radical (unpaired) electrons. The third kappa shape index (κ3) is 4.97. The van der Waals surface area contributed by atoms with Gasteiger partial charge in [0, 0.05) is 13.2 Å². The molecule has 5 heteroatoms. The summed E-state index contributed by atoms with van der Waals surface area (Å²) >= 11 is 0. The van der Waals surface area contributed by atoms with Crippen LogP contribution >= 0.6 is 0 Å². The molecule has 1 N–H and O–H groups in total. The van der Waals surface area contributed by atoms with Gasteiger partial charge in [0.25, 0.3) is 0 Å². The second-order valence-electron chi connectivity index (χ2n) is 2.16. The minimum Gasteiger partial charge on any atom is -0.478 e. The second kappa shape index (κ2) is 6.19. The largest absolute Gasteiger partial charge is 0.478 e. The fourth-order valence-electron chi connectivity index (χ4n) is 0.688. The molecule has 0 atom stereocenters. The Labute approximate surface area is 75.9 Å². The lowest BCUT2D eigenvalue weighted by Crippen LogP contribution is -2.13. The first-order chi connectivity index (χ1) is 6.11. The van der Waals surface area contributed by atoms with Crippen LogP contribution in [0.5, 0.6) is 0 Å². The Kier molecular flexibility index (Phi) is 5.54. The number of rotatable bonds is 5. The van der Waals surface area contributed by atoms with Gasteiger partial charge in [-0.2, -0.15) is 0 Å². The molecule has 0 saturated heterocycles. The maximum absolute atomic E-state index is 11.0. The number of esters is 1. The molecule has 0 aliphatic carbocycles. The summed E-state index contributed by atoms with van der Waals surface area (Å²) in [6.07, 6.45) is 0.779. The molecule has 0 aromatic rings. The zero-order valence-electron chi connectivity index (χ0n) is 7.57. The molecule has 74 valence electrons. The Balaban J connectivity index is 4.40. The number of aliphatic carboxylic acids is 1. The number of methoxy groups -OCH3 is 1. The van der Waals surface area contributed by atoms with Crippen LogP contribution in [0.15, 0.2) is 11.6 Å². The second-order valence-corrected chi connectivity index (χ2v) is 2.16. The number of hydrogen-bond acceptors (Lipinski definition) is 4. The van der Waals surface area contributed by atoms with Gasteiger partial charge in [-0.1, -0.05) is 0 Å². The van der Waals surface area contributed by atoms with Gasteiger partial charge in [-0.3, -0.25) is 0 Å². The van der Waals surface area contributed by atoms with Crippen molar-refractivity contribution < 1.29 is 24.2 Å². The van der Waals surface area contributed by atoms with E-state index in [9.17, 15) is 9.59 Å². The van der Waals surface area contributed by atoms with Crippen LogP contribution in [0.4, 0.5) is 0 Å². The van der Waals surface area contributed by atoms with E-state index in [1.54, 1.807) is 6.92 Å². The Morgan fingerprint density at radius 3 is 2.46 bits per heavy atom. The van der Waals surface area contributed by atoms with Crippen molar-refractivity contribution in [3.63, 3.8) is 0 Å². The molecular formula is C8H12O5. The number of carboxylic acid groups (broad SMARTS) is 1. The number of hydrogen-bond donors (Lipinski definition) is 1. The van der Waals surface area contributed by atoms with Gasteiger partial charge in [-0.05, 0) is 6.92 Å². The van der Waals surface area contributed by atoms with Crippen molar-refractivity contribution in [2.24, 2.45) is 0 Å². The predicted octanol–water partition coefficient (Wildman–Crippen LogP) is 0.207. The predicted molar refractivity (Wildman–Crippen MR) is 44.2 cm³/mol. The van der Waals surface area contributed by atoms with Gasteiger partial charge in [0.05, 0.1) is 18.8 Å². The average Bonchev–Trinajstić information content (AvgIpc) is 2.03. The van der Waals surface area contributed by atoms with Crippen LogP contribution in [-0.4, -0.2) is 37.4 Å². The zero-order chi connectivity index (χ0) is 10.3. The first-order valence-corrected chi connectivity index (χ1v) is 3.71. The normalized spacial score (nSPS) is 11.1. The van der Waals surface area contributed by atoms with Crippen LogP contribution in [0.2, 0.25) is 0 Å². The molecule has 0 heterocycles. The average molecular weight is 188 g/mol. The van der Waals surface area contributed by atoms with Crippen molar-refractivity contribution in [3.05, 3.63) is 11.6 Å². The maximum atomic E-state index is 11.0. The van der Waals surface area contributed by atoms with E-state index in [0.29, 0.717) is 0 Å². The van der Waals surface area contributed by atoms with Crippen LogP contribution in [-0.2, 0) is 19.1 Å². The SMILES string of the molecule is CCOC(=O)/C(=C\C(=O)O)COC. The van der Waals surface area contributed by atoms with Crippen LogP contribution in [0.3, 0.4) is 0 Å². The Bertz CT molecular complexity index is 219. The van der Waals surface area contributed by atoms with Crippen molar-refractivity contribution in [1.29, 1.82) is 0 Å². The molecule has 0 aliphatic rings. The molecule has 0 fully saturated rings. The molecular weight excluding hydrogens is 176 g/mol. The van der Waals surface area contributed by atoms with E-state index in [-0.39, 0.29) is 18.8 Å². The highest BCUT2D eigenvalue weighted by molar-refractivity contribution is 5.95. The molecule has 0 amide bonds. The number of carboxylic acids is 1. The van der Waals surface area contributed by atoms with Crippen molar-refractivity contribution >= 4 is 11.9 Å². The lowest BCUT2D eigenvalue weighted by atomic mass is 10.2. The van der Waals surface area contributed by atoms with Crippen molar-refractivity contribution in [1.82, 2.24) is 0 Å². The Morgan fingerprint density at radius 2 is 2.08 bits per heavy atom. The molecule has 0 aromatic heterocycles. The lowest BCUT2D eigenvalue weighted by molar-refractivity contribution is -0.140. The van der Waals surface area contributed by atoms with Crippen molar-refractivity contribution in [3.8, 4) is 0 Å². The van der Waals surface area contributed by atoms with Crippen molar-refractivity contribution in [2.75, 3.05) is 20.3 Å². The molecule has 0 aliphatic heterocycles. The van der Waals surface area contributed by atoms with E-state index in [1.165, 1.54) is 7.11 Å². The van der Waals surface area contributed by atoms with Crippen LogP contribution in [0.1, 0.15) is 6.92 Å². The molecule has 0 bridgehead atoms. The minimum absolute atomic E-state index is 0.00292. The first-order valence-electron chi connectivity index (χ1n) is 3.71. The third-order valence-electron chi connectivity index (χ3n) is 1.14. The molecule has 0 rings (SSSR count). The summed E-state index contributed by atoms with van der Waals surface area (Å²) in [5, 5.41) is 8.39. The topological polar surface area (TPSA) is 72.8 Å². The fraction of sp³-hybridized carbons (Fsp3) is 0.500. The van der Waals surface area contributed by atoms with Gasteiger partial charge in [-0.15, -0.1) is 0 Å². The zero-order valence-corrected chi connectivity index (χ0v) is 7.57. The number of carbonyl (C=O) groups is 2. The smallest absolute Gasteiger partial charge is 0.336 e. The third-order valence-corrected chi connectivity index (χ3v) is 1.14. The quantitative estimate of drug-likeness (QED) is 0.493. The van der Waals surface area contributed by atoms with Gasteiger partial charge in [0.2, 0.25) is 0 Å². The van der Waals surface area contributed by atoms with Gasteiger partial charge in [-0.25, -0.2) is 9.59 Å². The Morgan fingerprint density at radius 1 is 1.46 bits per heavy atom. The van der Waals surface area contributed by atoms with E-state index < -0.39 is 11.9 Å². The van der Waals surface area contributed by atoms with Crippen LogP contribution in [0, 0.1) is 0 Å². The monoisotopic (exact) mass is 188 g/mol. The molecule has 5 nitrogen and oxygen atoms in total. The summed E-state index contributed by atoms with van der Waals surface area (Å²) in [6.45, 7) is 1.79. The van der Waals surface area contributed by atoms with E-state index in [2.05, 4.69) is 9.47 Å². The van der Waals surface area contributed by atoms with Gasteiger partial charge >= 0.3 is 11.9 Å². The molecule has 13 heavy (non-hydrogen) atoms. The lowest BCUT2D eigenvalue weighted by Gasteiger charge is -2.04. The van der Waals surface area contributed by atoms with Crippen LogP contribution in [0.25, 0.3) is 0 Å². The Hall–Kier alpha value is -1.36. The summed E-state index contributed by atoms with van der Waals surface area (Å²) in [7, 11) is 1.37. The summed E-state index contributed by atoms with van der Waals surface area (Å²) in [5.74, 6) is -1.85. The molecule has 0 unspecified atom stereocenters. The van der Waals surface area contributed by atoms with Crippen LogP contribution < -0.4 is 0 Å². The minimum atomic E-state index is -1.19. The van der Waals surface area contributed by atoms with E-state index in [4.69, 9.17) is 5.11 Å². The molecule has 0 spiro atoms. The van der Waals surface area contributed by atoms with Gasteiger partial charge < -0.3 is 14.6 Å². The molecule has 0 aromatic carbocycles. The number of carbonyl (C=O) groups excluding carboxylic acids is 1. The summed E-state index contributed by atoms with van der Waals surface area (Å²) in [6, 6.07) is 0. The summed E-state index contributed by atoms with van der Waals surface area (Å²) < 4.78 is 9.25.